The van der Waals surface area contributed by atoms with E-state index in [1.165, 1.54) is 4.90 Å². The molecule has 2 unspecified atom stereocenters. The Morgan fingerprint density at radius 1 is 1.38 bits per heavy atom. The predicted molar refractivity (Wildman–Crippen MR) is 70.9 cm³/mol. The Morgan fingerprint density at radius 3 is 1.69 bits per heavy atom. The van der Waals surface area contributed by atoms with Crippen LogP contribution in [-0.4, -0.2) is 48.8 Å². The zero-order valence-corrected chi connectivity index (χ0v) is 12.2. The smallest absolute Gasteiger partial charge is 0.320 e. The van der Waals surface area contributed by atoms with Crippen LogP contribution >= 0.6 is 9.24 Å². The van der Waals surface area contributed by atoms with Gasteiger partial charge < -0.3 is 15.3 Å². The van der Waals surface area contributed by atoms with Gasteiger partial charge in [-0.15, -0.1) is 0 Å². The van der Waals surface area contributed by atoms with Crippen LogP contribution in [0.1, 0.15) is 27.2 Å². The molecule has 0 rings (SSSR count). The molecule has 5 nitrogen and oxygen atoms in total. The molecule has 0 radical (unpaired) electrons. The summed E-state index contributed by atoms with van der Waals surface area (Å²) in [6.07, 6.45) is 0.631. The highest BCUT2D eigenvalue weighted by atomic mass is 31.0. The van der Waals surface area contributed by atoms with Gasteiger partial charge in [-0.1, -0.05) is 20.8 Å². The number of carbonyl (C=O) groups is 2. The number of nitrogens with zero attached hydrogens (tertiary/aromatic N) is 1. The minimum Gasteiger partial charge on any atom is -0.480 e. The van der Waals surface area contributed by atoms with Crippen molar-refractivity contribution in [2.24, 2.45) is 0 Å². The summed E-state index contributed by atoms with van der Waals surface area (Å²) >= 11 is 0. The molecule has 2 atom stereocenters. The summed E-state index contributed by atoms with van der Waals surface area (Å²) in [5.41, 5.74) is 0.00926. The second-order valence-corrected chi connectivity index (χ2v) is 3.31. The lowest BCUT2D eigenvalue weighted by atomic mass is 10.2. The zero-order chi connectivity index (χ0) is 13.7. The van der Waals surface area contributed by atoms with E-state index in [2.05, 4.69) is 14.6 Å². The summed E-state index contributed by atoms with van der Waals surface area (Å²) in [6.45, 7) is 5.83. The fraction of sp³-hybridized carbons (Fsp3) is 0.800. The predicted octanol–water partition coefficient (Wildman–Crippen LogP) is 1.64. The van der Waals surface area contributed by atoms with Crippen LogP contribution in [0.2, 0.25) is 0 Å². The number of amides is 1. The highest BCUT2D eigenvalue weighted by molar-refractivity contribution is 7.39. The molecule has 0 saturated heterocycles. The normalized spacial score (nSPS) is 9.94. The largest absolute Gasteiger partial charge is 0.480 e. The Kier molecular flexibility index (Phi) is 18.5. The standard InChI is InChI=1S/C5H11NO2.C3H8NOP.C2H6/c1-3-4(6-2)5(7)8;1-4(2)3(5)6;1-2/h4,6H,3H2,1-2H3,(H,7,8);6H2,1-2H3;1-2H3. The number of aliphatic carboxylic acids is 1. The van der Waals surface area contributed by atoms with Gasteiger partial charge in [0.25, 0.3) is 0 Å². The maximum atomic E-state index is 10.1. The van der Waals surface area contributed by atoms with Gasteiger partial charge >= 0.3 is 5.97 Å². The Labute approximate surface area is 101 Å². The van der Waals surface area contributed by atoms with Crippen molar-refractivity contribution in [3.05, 3.63) is 0 Å². The lowest BCUT2D eigenvalue weighted by Crippen LogP contribution is -2.32. The van der Waals surface area contributed by atoms with E-state index in [0.29, 0.717) is 6.42 Å². The molecule has 0 aliphatic rings. The van der Waals surface area contributed by atoms with Crippen molar-refractivity contribution in [1.82, 2.24) is 10.2 Å². The van der Waals surface area contributed by atoms with Gasteiger partial charge in [0, 0.05) is 14.1 Å². The van der Waals surface area contributed by atoms with E-state index in [4.69, 9.17) is 5.11 Å². The van der Waals surface area contributed by atoms with E-state index in [1.807, 2.05) is 20.8 Å². The quantitative estimate of drug-likeness (QED) is 0.749. The molecule has 0 heterocycles. The number of hydrogen-bond donors (Lipinski definition) is 2. The summed E-state index contributed by atoms with van der Waals surface area (Å²) in [6, 6.07) is -0.380. The molecule has 6 heteroatoms. The van der Waals surface area contributed by atoms with E-state index in [9.17, 15) is 9.59 Å². The fourth-order valence-electron chi connectivity index (χ4n) is 0.502. The first kappa shape index (κ1) is 20.7. The second-order valence-electron chi connectivity index (χ2n) is 2.82. The van der Waals surface area contributed by atoms with E-state index in [-0.39, 0.29) is 11.7 Å². The van der Waals surface area contributed by atoms with Crippen molar-refractivity contribution in [2.45, 2.75) is 33.2 Å². The zero-order valence-electron chi connectivity index (χ0n) is 11.1. The fourth-order valence-corrected chi connectivity index (χ4v) is 0.502. The number of rotatable bonds is 3. The van der Waals surface area contributed by atoms with Crippen molar-refractivity contribution in [3.63, 3.8) is 0 Å². The van der Waals surface area contributed by atoms with E-state index >= 15 is 0 Å². The Morgan fingerprint density at radius 2 is 1.69 bits per heavy atom. The van der Waals surface area contributed by atoms with E-state index < -0.39 is 5.97 Å². The molecule has 98 valence electrons. The molecule has 0 aliphatic carbocycles. The van der Waals surface area contributed by atoms with Crippen molar-refractivity contribution in [1.29, 1.82) is 0 Å². The van der Waals surface area contributed by atoms with Crippen LogP contribution in [0, 0.1) is 0 Å². The topological polar surface area (TPSA) is 69.6 Å². The number of nitrogens with one attached hydrogen (secondary N) is 1. The Balaban J connectivity index is -0.000000188. The third-order valence-corrected chi connectivity index (χ3v) is 2.01. The minimum absolute atomic E-state index is 0.00926. The van der Waals surface area contributed by atoms with Crippen LogP contribution in [-0.2, 0) is 4.79 Å². The average Bonchev–Trinajstić information content (AvgIpc) is 2.22. The van der Waals surface area contributed by atoms with Crippen LogP contribution in [0.15, 0.2) is 0 Å². The highest BCUT2D eigenvalue weighted by Crippen LogP contribution is 1.88. The first-order chi connectivity index (χ1) is 7.36. The van der Waals surface area contributed by atoms with E-state index in [1.54, 1.807) is 21.1 Å². The molecule has 16 heavy (non-hydrogen) atoms. The minimum atomic E-state index is -0.782. The van der Waals surface area contributed by atoms with Crippen LogP contribution in [0.4, 0.5) is 4.79 Å². The lowest BCUT2D eigenvalue weighted by molar-refractivity contribution is -0.139. The van der Waals surface area contributed by atoms with Gasteiger partial charge in [0.2, 0.25) is 5.65 Å². The summed E-state index contributed by atoms with van der Waals surface area (Å²) in [4.78, 5) is 21.6. The van der Waals surface area contributed by atoms with Crippen LogP contribution < -0.4 is 5.32 Å². The molecule has 0 aromatic rings. The number of likely N-dealkylation sites (N-methyl/N-ethyl adjacent to an activating group) is 1. The second kappa shape index (κ2) is 14.3. The molecule has 0 fully saturated rings. The summed E-state index contributed by atoms with van der Waals surface area (Å²) in [5.74, 6) is -0.782. The molecule has 0 spiro atoms. The van der Waals surface area contributed by atoms with Crippen molar-refractivity contribution in [3.8, 4) is 0 Å². The number of carboxylic acids is 1. The van der Waals surface area contributed by atoms with Crippen LogP contribution in [0.25, 0.3) is 0 Å². The van der Waals surface area contributed by atoms with Crippen molar-refractivity contribution < 1.29 is 14.7 Å². The first-order valence-electron chi connectivity index (χ1n) is 5.23. The lowest BCUT2D eigenvalue weighted by Gasteiger charge is -2.05. The third kappa shape index (κ3) is 15.8. The van der Waals surface area contributed by atoms with Crippen LogP contribution in [0.5, 0.6) is 0 Å². The molecule has 1 amide bonds. The monoisotopic (exact) mass is 252 g/mol. The SMILES string of the molecule is CC.CCC(NC)C(=O)O.CN(C)C(=O)P. The van der Waals surface area contributed by atoms with Crippen LogP contribution in [0.3, 0.4) is 0 Å². The molecular formula is C10H25N2O3P. The van der Waals surface area contributed by atoms with Gasteiger partial charge in [-0.25, -0.2) is 0 Å². The van der Waals surface area contributed by atoms with Gasteiger partial charge in [0.1, 0.15) is 6.04 Å². The number of hydrogen-bond acceptors (Lipinski definition) is 3. The Bertz CT molecular complexity index is 183. The highest BCUT2D eigenvalue weighted by Gasteiger charge is 2.09. The van der Waals surface area contributed by atoms with Gasteiger partial charge in [0.15, 0.2) is 0 Å². The molecule has 0 aromatic carbocycles. The number of carbonyl (C=O) groups excluding carboxylic acids is 1. The maximum absolute atomic E-state index is 10.1. The van der Waals surface area contributed by atoms with Crippen molar-refractivity contribution >= 4 is 20.9 Å². The summed E-state index contributed by atoms with van der Waals surface area (Å²) in [7, 11) is 7.11. The average molecular weight is 252 g/mol. The van der Waals surface area contributed by atoms with Gasteiger partial charge in [-0.3, -0.25) is 9.59 Å². The van der Waals surface area contributed by atoms with E-state index in [0.717, 1.165) is 0 Å². The first-order valence-corrected chi connectivity index (χ1v) is 5.81. The third-order valence-electron chi connectivity index (χ3n) is 1.50. The van der Waals surface area contributed by atoms with Gasteiger partial charge in [-0.05, 0) is 22.7 Å². The van der Waals surface area contributed by atoms with Gasteiger partial charge in [0.05, 0.1) is 0 Å². The summed E-state index contributed by atoms with van der Waals surface area (Å²) in [5, 5.41) is 11.0. The van der Waals surface area contributed by atoms with Gasteiger partial charge in [-0.2, -0.15) is 0 Å². The van der Waals surface area contributed by atoms with Crippen molar-refractivity contribution in [2.75, 3.05) is 21.1 Å². The maximum Gasteiger partial charge on any atom is 0.320 e. The molecular weight excluding hydrogens is 227 g/mol. The molecule has 0 bridgehead atoms. The molecule has 0 saturated carbocycles. The molecule has 0 aromatic heterocycles. The summed E-state index contributed by atoms with van der Waals surface area (Å²) < 4.78 is 0. The number of carboxylic acid groups (broad SMARTS) is 1. The molecule has 0 aliphatic heterocycles. The molecule has 2 N–H and O–H groups in total. The Hall–Kier alpha value is -0.670.